The van der Waals surface area contributed by atoms with Gasteiger partial charge in [-0.25, -0.2) is 9.18 Å². The quantitative estimate of drug-likeness (QED) is 0.504. The minimum atomic E-state index is -0.558. The summed E-state index contributed by atoms with van der Waals surface area (Å²) in [7, 11) is 0. The Labute approximate surface area is 178 Å². The molecule has 1 aliphatic heterocycles. The predicted octanol–water partition coefficient (Wildman–Crippen LogP) is 3.02. The number of ketones is 1. The molecule has 1 amide bonds. The van der Waals surface area contributed by atoms with Gasteiger partial charge in [-0.3, -0.25) is 9.59 Å². The lowest BCUT2D eigenvalue weighted by molar-refractivity contribution is -0.134. The number of esters is 1. The molecule has 2 aromatic carbocycles. The Kier molecular flexibility index (Phi) is 5.70. The van der Waals surface area contributed by atoms with Crippen LogP contribution in [0.1, 0.15) is 27.6 Å². The van der Waals surface area contributed by atoms with Gasteiger partial charge in [-0.1, -0.05) is 18.2 Å². The van der Waals surface area contributed by atoms with E-state index in [-0.39, 0.29) is 18.3 Å². The summed E-state index contributed by atoms with van der Waals surface area (Å²) in [4.78, 5) is 42.7. The molecule has 7 nitrogen and oxygen atoms in total. The van der Waals surface area contributed by atoms with Gasteiger partial charge in [0, 0.05) is 48.8 Å². The van der Waals surface area contributed by atoms with Gasteiger partial charge in [0.2, 0.25) is 0 Å². The average Bonchev–Trinajstić information content (AvgIpc) is 3.21. The fourth-order valence-electron chi connectivity index (χ4n) is 3.72. The molecule has 0 spiro atoms. The Morgan fingerprint density at radius 1 is 1.06 bits per heavy atom. The first-order chi connectivity index (χ1) is 14.9. The second-order valence-corrected chi connectivity index (χ2v) is 7.41. The van der Waals surface area contributed by atoms with Crippen molar-refractivity contribution in [3.63, 3.8) is 0 Å². The molecule has 0 atom stereocenters. The molecule has 160 valence electrons. The van der Waals surface area contributed by atoms with Crippen LogP contribution in [0.5, 0.6) is 0 Å². The summed E-state index contributed by atoms with van der Waals surface area (Å²) in [5.74, 6) is -1.50. The van der Waals surface area contributed by atoms with Crippen molar-refractivity contribution in [1.29, 1.82) is 0 Å². The second-order valence-electron chi connectivity index (χ2n) is 7.41. The third-order valence-electron chi connectivity index (χ3n) is 5.46. The summed E-state index contributed by atoms with van der Waals surface area (Å²) in [6, 6.07) is 11.8. The molecule has 2 heterocycles. The Morgan fingerprint density at radius 3 is 2.52 bits per heavy atom. The number of hydrogen-bond acceptors (Lipinski definition) is 5. The van der Waals surface area contributed by atoms with Gasteiger partial charge >= 0.3 is 5.97 Å². The van der Waals surface area contributed by atoms with Gasteiger partial charge < -0.3 is 19.5 Å². The van der Waals surface area contributed by atoms with Crippen molar-refractivity contribution in [3.05, 3.63) is 65.6 Å². The van der Waals surface area contributed by atoms with Crippen LogP contribution < -0.4 is 4.90 Å². The summed E-state index contributed by atoms with van der Waals surface area (Å²) in [6.07, 6.45) is 1.57. The first kappa shape index (κ1) is 20.6. The number of Topliss-reactive ketones (excluding diaryl/α,β-unsaturated/α-hetero) is 1. The molecule has 1 aliphatic rings. The van der Waals surface area contributed by atoms with E-state index in [0.717, 1.165) is 10.9 Å². The van der Waals surface area contributed by atoms with Crippen LogP contribution in [-0.2, 0) is 9.53 Å². The van der Waals surface area contributed by atoms with Gasteiger partial charge in [-0.05, 0) is 31.2 Å². The van der Waals surface area contributed by atoms with Crippen LogP contribution in [0.25, 0.3) is 10.9 Å². The molecule has 31 heavy (non-hydrogen) atoms. The standard InChI is InChI=1S/C23H22FN3O4/c1-15(28)16-6-7-21(19(24)12-16)26-8-10-27(11-9-26)22(29)14-31-23(30)18-13-25-20-5-3-2-4-17(18)20/h2-7,12-13,25H,8-11,14H2,1H3. The molecule has 0 saturated carbocycles. The number of amides is 1. The largest absolute Gasteiger partial charge is 0.452 e. The fourth-order valence-corrected chi connectivity index (χ4v) is 3.72. The Bertz CT molecular complexity index is 1150. The number of para-hydroxylation sites is 1. The molecule has 0 bridgehead atoms. The number of aromatic amines is 1. The molecular weight excluding hydrogens is 401 g/mol. The number of anilines is 1. The monoisotopic (exact) mass is 423 g/mol. The van der Waals surface area contributed by atoms with Crippen LogP contribution in [0.3, 0.4) is 0 Å². The zero-order valence-electron chi connectivity index (χ0n) is 17.1. The molecule has 0 aliphatic carbocycles. The lowest BCUT2D eigenvalue weighted by Gasteiger charge is -2.36. The van der Waals surface area contributed by atoms with Crippen molar-refractivity contribution in [2.75, 3.05) is 37.7 Å². The maximum absolute atomic E-state index is 14.4. The predicted molar refractivity (Wildman–Crippen MR) is 114 cm³/mol. The smallest absolute Gasteiger partial charge is 0.340 e. The minimum Gasteiger partial charge on any atom is -0.452 e. The van der Waals surface area contributed by atoms with Gasteiger partial charge in [0.25, 0.3) is 5.91 Å². The first-order valence-electron chi connectivity index (χ1n) is 10.0. The van der Waals surface area contributed by atoms with E-state index >= 15 is 0 Å². The molecule has 0 unspecified atom stereocenters. The van der Waals surface area contributed by atoms with Crippen molar-refractivity contribution in [1.82, 2.24) is 9.88 Å². The van der Waals surface area contributed by atoms with Crippen LogP contribution in [0, 0.1) is 5.82 Å². The zero-order valence-corrected chi connectivity index (χ0v) is 17.1. The highest BCUT2D eigenvalue weighted by Gasteiger charge is 2.24. The maximum Gasteiger partial charge on any atom is 0.340 e. The fraction of sp³-hybridized carbons (Fsp3) is 0.261. The third-order valence-corrected chi connectivity index (χ3v) is 5.46. The van der Waals surface area contributed by atoms with Crippen LogP contribution in [0.2, 0.25) is 0 Å². The highest BCUT2D eigenvalue weighted by molar-refractivity contribution is 6.04. The lowest BCUT2D eigenvalue weighted by Crippen LogP contribution is -2.50. The van der Waals surface area contributed by atoms with Gasteiger partial charge in [0.15, 0.2) is 12.4 Å². The van der Waals surface area contributed by atoms with Crippen LogP contribution in [0.4, 0.5) is 10.1 Å². The number of aromatic nitrogens is 1. The SMILES string of the molecule is CC(=O)c1ccc(N2CCN(C(=O)COC(=O)c3c[nH]c4ccccc34)CC2)c(F)c1. The molecule has 1 saturated heterocycles. The molecule has 0 radical (unpaired) electrons. The van der Waals surface area contributed by atoms with Crippen molar-refractivity contribution < 1.29 is 23.5 Å². The van der Waals surface area contributed by atoms with Crippen LogP contribution in [0.15, 0.2) is 48.7 Å². The number of ether oxygens (including phenoxy) is 1. The molecule has 1 aromatic heterocycles. The van der Waals surface area contributed by atoms with E-state index in [1.54, 1.807) is 23.2 Å². The molecule has 4 rings (SSSR count). The van der Waals surface area contributed by atoms with Gasteiger partial charge in [0.05, 0.1) is 11.3 Å². The van der Waals surface area contributed by atoms with E-state index in [2.05, 4.69) is 4.98 Å². The average molecular weight is 423 g/mol. The summed E-state index contributed by atoms with van der Waals surface area (Å²) in [5.41, 5.74) is 1.94. The van der Waals surface area contributed by atoms with Crippen LogP contribution in [-0.4, -0.2) is 60.3 Å². The Hall–Kier alpha value is -3.68. The number of nitrogens with one attached hydrogen (secondary N) is 1. The number of rotatable bonds is 5. The molecule has 3 aromatic rings. The number of nitrogens with zero attached hydrogens (tertiary/aromatic N) is 2. The second kappa shape index (κ2) is 8.59. The lowest BCUT2D eigenvalue weighted by atomic mass is 10.1. The maximum atomic E-state index is 14.4. The zero-order chi connectivity index (χ0) is 22.0. The van der Waals surface area contributed by atoms with Gasteiger partial charge in [0.1, 0.15) is 5.82 Å². The number of carbonyl (C=O) groups is 3. The molecular formula is C23H22FN3O4. The number of piperazine rings is 1. The van der Waals surface area contributed by atoms with E-state index in [1.807, 2.05) is 29.2 Å². The third kappa shape index (κ3) is 4.28. The summed E-state index contributed by atoms with van der Waals surface area (Å²) in [5, 5.41) is 0.742. The number of fused-ring (bicyclic) bond motifs is 1. The number of halogens is 1. The summed E-state index contributed by atoms with van der Waals surface area (Å²) in [6.45, 7) is 2.70. The minimum absolute atomic E-state index is 0.192. The van der Waals surface area contributed by atoms with E-state index in [0.29, 0.717) is 43.0 Å². The first-order valence-corrected chi connectivity index (χ1v) is 10.0. The number of carbonyl (C=O) groups excluding carboxylic acids is 3. The van der Waals surface area contributed by atoms with Crippen molar-refractivity contribution in [2.45, 2.75) is 6.92 Å². The Balaban J connectivity index is 1.31. The highest BCUT2D eigenvalue weighted by Crippen LogP contribution is 2.23. The van der Waals surface area contributed by atoms with E-state index in [1.165, 1.54) is 13.0 Å². The van der Waals surface area contributed by atoms with Crippen LogP contribution >= 0.6 is 0 Å². The number of hydrogen-bond donors (Lipinski definition) is 1. The molecule has 1 N–H and O–H groups in total. The normalized spacial score (nSPS) is 14.0. The van der Waals surface area contributed by atoms with E-state index in [4.69, 9.17) is 4.74 Å². The van der Waals surface area contributed by atoms with Crippen molar-refractivity contribution in [2.24, 2.45) is 0 Å². The highest BCUT2D eigenvalue weighted by atomic mass is 19.1. The molecule has 1 fully saturated rings. The van der Waals surface area contributed by atoms with Gasteiger partial charge in [-0.2, -0.15) is 0 Å². The Morgan fingerprint density at radius 2 is 1.81 bits per heavy atom. The van der Waals surface area contributed by atoms with Crippen molar-refractivity contribution in [3.8, 4) is 0 Å². The van der Waals surface area contributed by atoms with Gasteiger partial charge in [-0.15, -0.1) is 0 Å². The number of H-pyrrole nitrogens is 1. The molecule has 8 heteroatoms. The topological polar surface area (TPSA) is 82.7 Å². The summed E-state index contributed by atoms with van der Waals surface area (Å²) >= 11 is 0. The van der Waals surface area contributed by atoms with E-state index in [9.17, 15) is 18.8 Å². The van der Waals surface area contributed by atoms with E-state index < -0.39 is 11.8 Å². The number of benzene rings is 2. The van der Waals surface area contributed by atoms with Crippen molar-refractivity contribution >= 4 is 34.3 Å². The summed E-state index contributed by atoms with van der Waals surface area (Å²) < 4.78 is 19.6.